The predicted molar refractivity (Wildman–Crippen MR) is 81.2 cm³/mol. The van der Waals surface area contributed by atoms with Crippen molar-refractivity contribution in [3.63, 3.8) is 0 Å². The Morgan fingerprint density at radius 1 is 1.32 bits per heavy atom. The van der Waals surface area contributed by atoms with E-state index in [0.29, 0.717) is 13.2 Å². The van der Waals surface area contributed by atoms with Crippen molar-refractivity contribution in [3.05, 3.63) is 34.3 Å². The van der Waals surface area contributed by atoms with Gasteiger partial charge < -0.3 is 10.1 Å². The second kappa shape index (κ2) is 8.33. The summed E-state index contributed by atoms with van der Waals surface area (Å²) in [6.45, 7) is 5.47. The van der Waals surface area contributed by atoms with E-state index < -0.39 is 0 Å². The first-order valence-corrected chi connectivity index (χ1v) is 7.37. The summed E-state index contributed by atoms with van der Waals surface area (Å²) in [4.78, 5) is 12.3. The second-order valence-corrected chi connectivity index (χ2v) is 5.83. The normalized spacial score (nSPS) is 12.5. The van der Waals surface area contributed by atoms with Gasteiger partial charge in [0.1, 0.15) is 0 Å². The third-order valence-electron chi connectivity index (χ3n) is 3.00. The third kappa shape index (κ3) is 5.33. The first kappa shape index (κ1) is 16.2. The number of rotatable bonds is 7. The van der Waals surface area contributed by atoms with Gasteiger partial charge in [0.15, 0.2) is 0 Å². The Morgan fingerprint density at radius 3 is 2.47 bits per heavy atom. The first-order chi connectivity index (χ1) is 9.06. The summed E-state index contributed by atoms with van der Waals surface area (Å²) < 4.78 is 6.00. The lowest BCUT2D eigenvalue weighted by molar-refractivity contribution is -0.123. The lowest BCUT2D eigenvalue weighted by Crippen LogP contribution is -2.33. The van der Waals surface area contributed by atoms with Crippen LogP contribution in [0.3, 0.4) is 0 Å². The van der Waals surface area contributed by atoms with Gasteiger partial charge in [-0.05, 0) is 30.0 Å². The number of hydrogen-bond acceptors (Lipinski definition) is 2. The zero-order chi connectivity index (χ0) is 14.3. The summed E-state index contributed by atoms with van der Waals surface area (Å²) in [5, 5.41) is 2.98. The Bertz CT molecular complexity index is 390. The molecule has 19 heavy (non-hydrogen) atoms. The average molecular weight is 328 g/mol. The number of methoxy groups -OCH3 is 1. The van der Waals surface area contributed by atoms with Gasteiger partial charge in [-0.2, -0.15) is 0 Å². The fourth-order valence-electron chi connectivity index (χ4n) is 2.05. The molecule has 1 unspecified atom stereocenters. The predicted octanol–water partition coefficient (Wildman–Crippen LogP) is 3.34. The molecule has 1 aromatic carbocycles. The molecule has 106 valence electrons. The lowest BCUT2D eigenvalue weighted by atomic mass is 9.87. The minimum atomic E-state index is -0.101. The van der Waals surface area contributed by atoms with Crippen molar-refractivity contribution in [1.82, 2.24) is 5.32 Å². The molecule has 0 heterocycles. The smallest absolute Gasteiger partial charge is 0.227 e. The highest BCUT2D eigenvalue weighted by Crippen LogP contribution is 2.26. The van der Waals surface area contributed by atoms with Crippen molar-refractivity contribution in [1.29, 1.82) is 0 Å². The van der Waals surface area contributed by atoms with Crippen molar-refractivity contribution in [3.8, 4) is 0 Å². The van der Waals surface area contributed by atoms with Crippen LogP contribution in [-0.4, -0.2) is 26.2 Å². The zero-order valence-electron chi connectivity index (χ0n) is 11.8. The highest BCUT2D eigenvalue weighted by atomic mass is 79.9. The maximum absolute atomic E-state index is 12.3. The molecule has 0 fully saturated rings. The molecule has 0 spiro atoms. The van der Waals surface area contributed by atoms with E-state index in [1.807, 2.05) is 24.3 Å². The molecule has 0 saturated heterocycles. The molecule has 1 amide bonds. The zero-order valence-corrected chi connectivity index (χ0v) is 13.4. The van der Waals surface area contributed by atoms with E-state index in [1.54, 1.807) is 7.11 Å². The fourth-order valence-corrected chi connectivity index (χ4v) is 2.31. The molecule has 0 aliphatic carbocycles. The van der Waals surface area contributed by atoms with Crippen LogP contribution in [0.5, 0.6) is 0 Å². The van der Waals surface area contributed by atoms with Crippen LogP contribution >= 0.6 is 15.9 Å². The molecule has 0 saturated carbocycles. The number of hydrogen-bond donors (Lipinski definition) is 1. The largest absolute Gasteiger partial charge is 0.385 e. The lowest BCUT2D eigenvalue weighted by Gasteiger charge is -2.21. The molecule has 1 N–H and O–H groups in total. The minimum Gasteiger partial charge on any atom is -0.385 e. The van der Waals surface area contributed by atoms with Crippen molar-refractivity contribution in [2.24, 2.45) is 5.92 Å². The van der Waals surface area contributed by atoms with Crippen molar-refractivity contribution >= 4 is 21.8 Å². The maximum Gasteiger partial charge on any atom is 0.227 e. The summed E-state index contributed by atoms with van der Waals surface area (Å²) >= 11 is 3.41. The van der Waals surface area contributed by atoms with Crippen LogP contribution in [0.25, 0.3) is 0 Å². The number of carbonyl (C=O) groups excluding carboxylic acids is 1. The Morgan fingerprint density at radius 2 is 1.95 bits per heavy atom. The van der Waals surface area contributed by atoms with Crippen LogP contribution < -0.4 is 5.32 Å². The van der Waals surface area contributed by atoms with Gasteiger partial charge in [0.2, 0.25) is 5.91 Å². The first-order valence-electron chi connectivity index (χ1n) is 6.58. The van der Waals surface area contributed by atoms with Crippen molar-refractivity contribution in [2.45, 2.75) is 26.2 Å². The molecular formula is C15H22BrNO2. The Hall–Kier alpha value is -0.870. The summed E-state index contributed by atoms with van der Waals surface area (Å²) in [5.41, 5.74) is 1.06. The molecule has 4 heteroatoms. The van der Waals surface area contributed by atoms with Crippen LogP contribution in [0.2, 0.25) is 0 Å². The standard InChI is InChI=1S/C15H22BrNO2/c1-11(2)14(12-5-7-13(16)8-6-12)15(18)17-9-4-10-19-3/h5-8,11,14H,4,9-10H2,1-3H3,(H,17,18). The summed E-state index contributed by atoms with van der Waals surface area (Å²) in [6, 6.07) is 7.96. The monoisotopic (exact) mass is 327 g/mol. The molecule has 0 aromatic heterocycles. The van der Waals surface area contributed by atoms with E-state index in [1.165, 1.54) is 0 Å². The number of amides is 1. The highest BCUT2D eigenvalue weighted by molar-refractivity contribution is 9.10. The van der Waals surface area contributed by atoms with Gasteiger partial charge >= 0.3 is 0 Å². The summed E-state index contributed by atoms with van der Waals surface area (Å²) in [7, 11) is 1.67. The molecule has 0 aliphatic heterocycles. The third-order valence-corrected chi connectivity index (χ3v) is 3.53. The van der Waals surface area contributed by atoms with Crippen LogP contribution in [0, 0.1) is 5.92 Å². The average Bonchev–Trinajstić information content (AvgIpc) is 2.37. The van der Waals surface area contributed by atoms with Gasteiger partial charge in [-0.3, -0.25) is 4.79 Å². The van der Waals surface area contributed by atoms with Gasteiger partial charge in [-0.15, -0.1) is 0 Å². The van der Waals surface area contributed by atoms with Crippen molar-refractivity contribution < 1.29 is 9.53 Å². The van der Waals surface area contributed by atoms with E-state index in [2.05, 4.69) is 35.1 Å². The Balaban J connectivity index is 2.66. The molecule has 0 aliphatic rings. The number of nitrogens with one attached hydrogen (secondary N) is 1. The van der Waals surface area contributed by atoms with Crippen LogP contribution in [-0.2, 0) is 9.53 Å². The molecule has 1 rings (SSSR count). The van der Waals surface area contributed by atoms with Gasteiger partial charge in [0.05, 0.1) is 5.92 Å². The van der Waals surface area contributed by atoms with Gasteiger partial charge in [0.25, 0.3) is 0 Å². The molecular weight excluding hydrogens is 306 g/mol. The van der Waals surface area contributed by atoms with E-state index in [4.69, 9.17) is 4.74 Å². The quantitative estimate of drug-likeness (QED) is 0.780. The van der Waals surface area contributed by atoms with Gasteiger partial charge in [-0.1, -0.05) is 41.9 Å². The van der Waals surface area contributed by atoms with E-state index >= 15 is 0 Å². The number of benzene rings is 1. The van der Waals surface area contributed by atoms with E-state index in [0.717, 1.165) is 16.5 Å². The number of carbonyl (C=O) groups is 1. The van der Waals surface area contributed by atoms with E-state index in [-0.39, 0.29) is 17.7 Å². The van der Waals surface area contributed by atoms with Crippen LogP contribution in [0.1, 0.15) is 31.7 Å². The Kier molecular flexibility index (Phi) is 7.10. The van der Waals surface area contributed by atoms with Gasteiger partial charge in [0, 0.05) is 24.7 Å². The van der Waals surface area contributed by atoms with Crippen LogP contribution in [0.15, 0.2) is 28.7 Å². The summed E-state index contributed by atoms with van der Waals surface area (Å²) in [5.74, 6) is 0.257. The van der Waals surface area contributed by atoms with Gasteiger partial charge in [-0.25, -0.2) is 0 Å². The molecule has 1 aromatic rings. The minimum absolute atomic E-state index is 0.0911. The van der Waals surface area contributed by atoms with Crippen molar-refractivity contribution in [2.75, 3.05) is 20.3 Å². The molecule has 3 nitrogen and oxygen atoms in total. The Labute approximate surface area is 123 Å². The number of halogens is 1. The SMILES string of the molecule is COCCCNC(=O)C(c1ccc(Br)cc1)C(C)C. The molecule has 0 radical (unpaired) electrons. The fraction of sp³-hybridized carbons (Fsp3) is 0.533. The molecule has 1 atom stereocenters. The highest BCUT2D eigenvalue weighted by Gasteiger charge is 2.23. The number of ether oxygens (including phenoxy) is 1. The summed E-state index contributed by atoms with van der Waals surface area (Å²) in [6.07, 6.45) is 0.841. The molecule has 0 bridgehead atoms. The second-order valence-electron chi connectivity index (χ2n) is 4.91. The maximum atomic E-state index is 12.3. The topological polar surface area (TPSA) is 38.3 Å². The van der Waals surface area contributed by atoms with E-state index in [9.17, 15) is 4.79 Å². The van der Waals surface area contributed by atoms with Crippen LogP contribution in [0.4, 0.5) is 0 Å².